The molecule has 168 valence electrons. The minimum absolute atomic E-state index is 0.443. The van der Waals surface area contributed by atoms with Crippen molar-refractivity contribution in [2.24, 2.45) is 0 Å². The van der Waals surface area contributed by atoms with E-state index >= 15 is 0 Å². The van der Waals surface area contributed by atoms with Crippen LogP contribution in [0.5, 0.6) is 0 Å². The molecule has 2 aliphatic rings. The van der Waals surface area contributed by atoms with Crippen LogP contribution in [-0.4, -0.2) is 82.1 Å². The molecule has 3 N–H and O–H groups in total. The fourth-order valence-electron chi connectivity index (χ4n) is 4.10. The van der Waals surface area contributed by atoms with Crippen molar-refractivity contribution >= 4 is 17.8 Å². The molecular weight excluding hydrogens is 390 g/mol. The van der Waals surface area contributed by atoms with Crippen LogP contribution in [0.25, 0.3) is 0 Å². The largest absolute Gasteiger partial charge is 0.353 e. The van der Waals surface area contributed by atoms with Crippen LogP contribution in [0.2, 0.25) is 0 Å². The summed E-state index contributed by atoms with van der Waals surface area (Å²) in [7, 11) is 2.18. The predicted octanol–water partition coefficient (Wildman–Crippen LogP) is 2.28. The van der Waals surface area contributed by atoms with Gasteiger partial charge in [0.15, 0.2) is 0 Å². The number of hydrogen-bond donors (Lipinski definition) is 3. The third kappa shape index (κ3) is 7.00. The summed E-state index contributed by atoms with van der Waals surface area (Å²) in [6.45, 7) is 6.86. The number of hydrogen-bond acceptors (Lipinski definition) is 9. The molecule has 0 radical (unpaired) electrons. The van der Waals surface area contributed by atoms with Crippen molar-refractivity contribution in [1.29, 1.82) is 0 Å². The van der Waals surface area contributed by atoms with Crippen molar-refractivity contribution in [3.8, 4) is 0 Å². The molecule has 0 amide bonds. The van der Waals surface area contributed by atoms with Gasteiger partial charge < -0.3 is 20.9 Å². The van der Waals surface area contributed by atoms with E-state index in [-0.39, 0.29) is 0 Å². The fourth-order valence-corrected chi connectivity index (χ4v) is 4.10. The molecule has 1 aliphatic heterocycles. The molecule has 0 bridgehead atoms. The molecule has 1 aliphatic carbocycles. The van der Waals surface area contributed by atoms with Gasteiger partial charge in [-0.2, -0.15) is 15.0 Å². The van der Waals surface area contributed by atoms with Gasteiger partial charge in [0.1, 0.15) is 0 Å². The third-order valence-electron chi connectivity index (χ3n) is 6.03. The summed E-state index contributed by atoms with van der Waals surface area (Å²) < 4.78 is 0. The summed E-state index contributed by atoms with van der Waals surface area (Å²) in [5.41, 5.74) is 0.953. The highest BCUT2D eigenvalue weighted by Gasteiger charge is 2.16. The van der Waals surface area contributed by atoms with Crippen LogP contribution in [-0.2, 0) is 6.54 Å². The summed E-state index contributed by atoms with van der Waals surface area (Å²) in [6.07, 6.45) is 8.01. The Labute approximate surface area is 185 Å². The molecule has 9 nitrogen and oxygen atoms in total. The van der Waals surface area contributed by atoms with E-state index < -0.39 is 0 Å². The Morgan fingerprint density at radius 2 is 1.65 bits per heavy atom. The number of aromatic nitrogens is 4. The Bertz CT molecular complexity index is 787. The molecule has 2 aromatic rings. The molecule has 0 atom stereocenters. The molecule has 0 unspecified atom stereocenters. The molecule has 2 aromatic heterocycles. The van der Waals surface area contributed by atoms with Crippen molar-refractivity contribution in [2.45, 2.75) is 44.7 Å². The third-order valence-corrected chi connectivity index (χ3v) is 6.03. The summed E-state index contributed by atoms with van der Waals surface area (Å²) >= 11 is 0. The highest BCUT2D eigenvalue weighted by molar-refractivity contribution is 5.43. The maximum Gasteiger partial charge on any atom is 0.229 e. The van der Waals surface area contributed by atoms with E-state index in [0.29, 0.717) is 30.4 Å². The van der Waals surface area contributed by atoms with E-state index in [1.54, 1.807) is 6.20 Å². The zero-order valence-electron chi connectivity index (χ0n) is 18.6. The Morgan fingerprint density at radius 1 is 0.903 bits per heavy atom. The molecule has 0 aromatic carbocycles. The Morgan fingerprint density at radius 3 is 2.39 bits per heavy atom. The number of rotatable bonds is 9. The second-order valence-corrected chi connectivity index (χ2v) is 8.53. The standard InChI is InChI=1S/C22H35N9/c1-30-13-15-31(16-14-30)12-11-24-20-27-21(25-17-19-9-5-6-10-23-19)29-22(28-20)26-18-7-3-2-4-8-18/h5-6,9-10,18H,2-4,7-8,11-17H2,1H3,(H3,24,25,26,27,28,29). The van der Waals surface area contributed by atoms with Crippen molar-refractivity contribution in [3.05, 3.63) is 30.1 Å². The monoisotopic (exact) mass is 425 g/mol. The minimum atomic E-state index is 0.443. The van der Waals surface area contributed by atoms with E-state index in [0.717, 1.165) is 45.0 Å². The Hall–Kier alpha value is -2.52. The minimum Gasteiger partial charge on any atom is -0.353 e. The average Bonchev–Trinajstić information content (AvgIpc) is 2.80. The lowest BCUT2D eigenvalue weighted by Crippen LogP contribution is -2.45. The molecule has 4 rings (SSSR count). The summed E-state index contributed by atoms with van der Waals surface area (Å²) in [5.74, 6) is 1.83. The van der Waals surface area contributed by atoms with Gasteiger partial charge in [0.2, 0.25) is 17.8 Å². The van der Waals surface area contributed by atoms with Crippen LogP contribution in [0.3, 0.4) is 0 Å². The normalized spacial score (nSPS) is 18.6. The van der Waals surface area contributed by atoms with Crippen molar-refractivity contribution in [2.75, 3.05) is 62.3 Å². The quantitative estimate of drug-likeness (QED) is 0.559. The van der Waals surface area contributed by atoms with Crippen LogP contribution in [0.15, 0.2) is 24.4 Å². The van der Waals surface area contributed by atoms with Gasteiger partial charge in [-0.1, -0.05) is 25.3 Å². The molecule has 3 heterocycles. The van der Waals surface area contributed by atoms with Crippen LogP contribution < -0.4 is 16.0 Å². The smallest absolute Gasteiger partial charge is 0.229 e. The van der Waals surface area contributed by atoms with Crippen LogP contribution in [0.4, 0.5) is 17.8 Å². The molecule has 9 heteroatoms. The van der Waals surface area contributed by atoms with E-state index in [2.05, 4.69) is 52.7 Å². The second-order valence-electron chi connectivity index (χ2n) is 8.53. The van der Waals surface area contributed by atoms with Crippen LogP contribution in [0, 0.1) is 0 Å². The number of likely N-dealkylation sites (N-methyl/N-ethyl adjacent to an activating group) is 1. The van der Waals surface area contributed by atoms with Gasteiger partial charge in [-0.25, -0.2) is 0 Å². The lowest BCUT2D eigenvalue weighted by atomic mass is 9.96. The zero-order valence-corrected chi connectivity index (χ0v) is 18.6. The first-order chi connectivity index (χ1) is 15.2. The van der Waals surface area contributed by atoms with E-state index in [9.17, 15) is 0 Å². The van der Waals surface area contributed by atoms with Gasteiger partial charge in [0.25, 0.3) is 0 Å². The maximum atomic E-state index is 4.65. The van der Waals surface area contributed by atoms with Crippen molar-refractivity contribution in [3.63, 3.8) is 0 Å². The number of pyridine rings is 1. The van der Waals surface area contributed by atoms with Gasteiger partial charge in [-0.05, 0) is 32.0 Å². The zero-order chi connectivity index (χ0) is 21.3. The van der Waals surface area contributed by atoms with Crippen molar-refractivity contribution in [1.82, 2.24) is 29.7 Å². The summed E-state index contributed by atoms with van der Waals surface area (Å²) in [6, 6.07) is 6.34. The highest BCUT2D eigenvalue weighted by Crippen LogP contribution is 2.21. The molecule has 1 saturated heterocycles. The van der Waals surface area contributed by atoms with Gasteiger partial charge in [-0.15, -0.1) is 0 Å². The fraction of sp³-hybridized carbons (Fsp3) is 0.636. The molecule has 0 spiro atoms. The lowest BCUT2D eigenvalue weighted by Gasteiger charge is -2.32. The molecule has 1 saturated carbocycles. The van der Waals surface area contributed by atoms with Crippen LogP contribution in [0.1, 0.15) is 37.8 Å². The van der Waals surface area contributed by atoms with Gasteiger partial charge in [-0.3, -0.25) is 9.88 Å². The predicted molar refractivity (Wildman–Crippen MR) is 124 cm³/mol. The van der Waals surface area contributed by atoms with E-state index in [4.69, 9.17) is 0 Å². The lowest BCUT2D eigenvalue weighted by molar-refractivity contribution is 0.158. The second kappa shape index (κ2) is 11.2. The average molecular weight is 426 g/mol. The molecular formula is C22H35N9. The highest BCUT2D eigenvalue weighted by atomic mass is 15.3. The maximum absolute atomic E-state index is 4.65. The van der Waals surface area contributed by atoms with Gasteiger partial charge >= 0.3 is 0 Å². The van der Waals surface area contributed by atoms with E-state index in [1.807, 2.05) is 18.2 Å². The number of nitrogens with one attached hydrogen (secondary N) is 3. The van der Waals surface area contributed by atoms with Gasteiger partial charge in [0, 0.05) is 51.5 Å². The Balaban J connectivity index is 1.37. The van der Waals surface area contributed by atoms with Crippen molar-refractivity contribution < 1.29 is 0 Å². The number of anilines is 3. The summed E-state index contributed by atoms with van der Waals surface area (Å²) in [4.78, 5) is 23.1. The molecule has 31 heavy (non-hydrogen) atoms. The van der Waals surface area contributed by atoms with Crippen LogP contribution >= 0.6 is 0 Å². The number of nitrogens with zero attached hydrogens (tertiary/aromatic N) is 6. The first-order valence-electron chi connectivity index (χ1n) is 11.6. The Kier molecular flexibility index (Phi) is 7.84. The molecule has 2 fully saturated rings. The topological polar surface area (TPSA) is 94.1 Å². The number of piperazine rings is 1. The van der Waals surface area contributed by atoms with E-state index in [1.165, 1.54) is 32.1 Å². The SMILES string of the molecule is CN1CCN(CCNc2nc(NCc3ccccn3)nc(NC3CCCCC3)n2)CC1. The first kappa shape index (κ1) is 21.7. The first-order valence-corrected chi connectivity index (χ1v) is 11.6. The summed E-state index contributed by atoms with van der Waals surface area (Å²) in [5, 5.41) is 10.2. The van der Waals surface area contributed by atoms with Gasteiger partial charge in [0.05, 0.1) is 12.2 Å².